The monoisotopic (exact) mass is 352 g/mol. The largest absolute Gasteiger partial charge is 0.352 e. The Morgan fingerprint density at radius 3 is 2.40 bits per heavy atom. The summed E-state index contributed by atoms with van der Waals surface area (Å²) >= 11 is 5.80. The lowest BCUT2D eigenvalue weighted by Crippen LogP contribution is -2.27. The lowest BCUT2D eigenvalue weighted by Gasteiger charge is -2.09. The number of hydrogen-bond acceptors (Lipinski definition) is 2. The minimum absolute atomic E-state index is 0.146. The van der Waals surface area contributed by atoms with E-state index in [2.05, 4.69) is 10.6 Å². The second-order valence-corrected chi connectivity index (χ2v) is 6.02. The van der Waals surface area contributed by atoms with Gasteiger partial charge < -0.3 is 10.6 Å². The van der Waals surface area contributed by atoms with E-state index in [1.807, 2.05) is 42.5 Å². The summed E-state index contributed by atoms with van der Waals surface area (Å²) in [5.74, 6) is -0.373. The molecule has 3 aromatic carbocycles. The zero-order valence-electron chi connectivity index (χ0n) is 13.5. The zero-order valence-corrected chi connectivity index (χ0v) is 14.2. The van der Waals surface area contributed by atoms with Gasteiger partial charge in [0.1, 0.15) is 0 Å². The van der Waals surface area contributed by atoms with E-state index >= 15 is 0 Å². The van der Waals surface area contributed by atoms with Gasteiger partial charge in [-0.2, -0.15) is 0 Å². The first kappa shape index (κ1) is 17.0. The Bertz CT molecular complexity index is 902. The molecular weight excluding hydrogens is 336 g/mol. The van der Waals surface area contributed by atoms with Crippen LogP contribution in [0.4, 0.5) is 5.69 Å². The molecule has 0 bridgehead atoms. The van der Waals surface area contributed by atoms with E-state index in [1.54, 1.807) is 24.3 Å². The van der Waals surface area contributed by atoms with Crippen LogP contribution < -0.4 is 10.6 Å². The van der Waals surface area contributed by atoms with Crippen molar-refractivity contribution in [3.63, 3.8) is 0 Å². The van der Waals surface area contributed by atoms with Gasteiger partial charge in [-0.25, -0.2) is 0 Å². The SMILES string of the molecule is O=C(CCNC(=O)c1ccc(Cl)cc1)Nc1cccc2ccccc12. The molecule has 0 atom stereocenters. The van der Waals surface area contributed by atoms with E-state index in [0.717, 1.165) is 16.5 Å². The van der Waals surface area contributed by atoms with Crippen molar-refractivity contribution in [2.24, 2.45) is 0 Å². The van der Waals surface area contributed by atoms with Gasteiger partial charge in [-0.1, -0.05) is 48.0 Å². The van der Waals surface area contributed by atoms with Crippen molar-refractivity contribution in [3.8, 4) is 0 Å². The number of rotatable bonds is 5. The Kier molecular flexibility index (Phi) is 5.31. The molecule has 4 nitrogen and oxygen atoms in total. The molecule has 2 amide bonds. The highest BCUT2D eigenvalue weighted by Gasteiger charge is 2.08. The maximum atomic E-state index is 12.1. The Balaban J connectivity index is 1.54. The number of anilines is 1. The molecule has 0 aliphatic carbocycles. The van der Waals surface area contributed by atoms with E-state index in [-0.39, 0.29) is 24.8 Å². The molecule has 3 aromatic rings. The Labute approximate surface area is 150 Å². The van der Waals surface area contributed by atoms with E-state index in [1.165, 1.54) is 0 Å². The first-order valence-electron chi connectivity index (χ1n) is 7.95. The Morgan fingerprint density at radius 2 is 1.60 bits per heavy atom. The molecule has 0 aromatic heterocycles. The molecular formula is C20H17ClN2O2. The average molecular weight is 353 g/mol. The van der Waals surface area contributed by atoms with Crippen molar-refractivity contribution >= 4 is 39.9 Å². The first-order chi connectivity index (χ1) is 12.1. The normalized spacial score (nSPS) is 10.4. The Morgan fingerprint density at radius 1 is 0.880 bits per heavy atom. The molecule has 0 unspecified atom stereocenters. The van der Waals surface area contributed by atoms with Gasteiger partial charge in [0.15, 0.2) is 0 Å². The summed E-state index contributed by atoms with van der Waals surface area (Å²) in [5.41, 5.74) is 1.28. The summed E-state index contributed by atoms with van der Waals surface area (Å²) in [7, 11) is 0. The van der Waals surface area contributed by atoms with Crippen molar-refractivity contribution in [3.05, 3.63) is 77.3 Å². The molecule has 126 valence electrons. The van der Waals surface area contributed by atoms with Gasteiger partial charge in [0.25, 0.3) is 5.91 Å². The molecule has 0 radical (unpaired) electrons. The fraction of sp³-hybridized carbons (Fsp3) is 0.100. The molecule has 0 saturated carbocycles. The summed E-state index contributed by atoms with van der Waals surface area (Å²) in [6.45, 7) is 0.262. The molecule has 3 rings (SSSR count). The Hall–Kier alpha value is -2.85. The predicted molar refractivity (Wildman–Crippen MR) is 101 cm³/mol. The van der Waals surface area contributed by atoms with Crippen LogP contribution in [0.5, 0.6) is 0 Å². The molecule has 0 heterocycles. The van der Waals surface area contributed by atoms with E-state index in [9.17, 15) is 9.59 Å². The summed E-state index contributed by atoms with van der Waals surface area (Å²) < 4.78 is 0. The topological polar surface area (TPSA) is 58.2 Å². The lowest BCUT2D eigenvalue weighted by atomic mass is 10.1. The van der Waals surface area contributed by atoms with Crippen molar-refractivity contribution in [2.75, 3.05) is 11.9 Å². The van der Waals surface area contributed by atoms with Crippen LogP contribution in [0.3, 0.4) is 0 Å². The fourth-order valence-electron chi connectivity index (χ4n) is 2.54. The van der Waals surface area contributed by atoms with Gasteiger partial charge in [0.05, 0.1) is 0 Å². The van der Waals surface area contributed by atoms with Crippen LogP contribution in [-0.2, 0) is 4.79 Å². The molecule has 0 saturated heterocycles. The molecule has 0 fully saturated rings. The second kappa shape index (κ2) is 7.81. The summed E-state index contributed by atoms with van der Waals surface area (Å²) in [4.78, 5) is 24.1. The van der Waals surface area contributed by atoms with E-state index in [4.69, 9.17) is 11.6 Å². The zero-order chi connectivity index (χ0) is 17.6. The molecule has 5 heteroatoms. The van der Waals surface area contributed by atoms with Crippen LogP contribution in [0.25, 0.3) is 10.8 Å². The van der Waals surface area contributed by atoms with Crippen LogP contribution >= 0.6 is 11.6 Å². The molecule has 0 spiro atoms. The number of halogens is 1. The van der Waals surface area contributed by atoms with Crippen LogP contribution in [0, 0.1) is 0 Å². The predicted octanol–water partition coefficient (Wildman–Crippen LogP) is 4.25. The van der Waals surface area contributed by atoms with Gasteiger partial charge in [-0.05, 0) is 35.7 Å². The van der Waals surface area contributed by atoms with Crippen LogP contribution in [0.2, 0.25) is 5.02 Å². The lowest BCUT2D eigenvalue weighted by molar-refractivity contribution is -0.116. The minimum atomic E-state index is -0.227. The van der Waals surface area contributed by atoms with Gasteiger partial charge in [0, 0.05) is 34.6 Å². The van der Waals surface area contributed by atoms with Gasteiger partial charge in [-0.15, -0.1) is 0 Å². The molecule has 0 aliphatic rings. The highest BCUT2D eigenvalue weighted by molar-refractivity contribution is 6.30. The van der Waals surface area contributed by atoms with Crippen LogP contribution in [-0.4, -0.2) is 18.4 Å². The third-order valence-electron chi connectivity index (χ3n) is 3.81. The fourth-order valence-corrected chi connectivity index (χ4v) is 2.67. The number of fused-ring (bicyclic) bond motifs is 1. The summed E-state index contributed by atoms with van der Waals surface area (Å²) in [5, 5.41) is 8.26. The summed E-state index contributed by atoms with van der Waals surface area (Å²) in [6, 6.07) is 20.2. The number of benzene rings is 3. The minimum Gasteiger partial charge on any atom is -0.352 e. The quantitative estimate of drug-likeness (QED) is 0.721. The summed E-state index contributed by atoms with van der Waals surface area (Å²) in [6.07, 6.45) is 0.197. The van der Waals surface area contributed by atoms with Crippen molar-refractivity contribution in [1.29, 1.82) is 0 Å². The number of carbonyl (C=O) groups is 2. The molecule has 2 N–H and O–H groups in total. The second-order valence-electron chi connectivity index (χ2n) is 5.59. The van der Waals surface area contributed by atoms with Gasteiger partial charge in [-0.3, -0.25) is 9.59 Å². The number of hydrogen-bond donors (Lipinski definition) is 2. The van der Waals surface area contributed by atoms with Gasteiger partial charge >= 0.3 is 0 Å². The number of amides is 2. The van der Waals surface area contributed by atoms with Crippen molar-refractivity contribution < 1.29 is 9.59 Å². The number of nitrogens with one attached hydrogen (secondary N) is 2. The van der Waals surface area contributed by atoms with E-state index in [0.29, 0.717) is 10.6 Å². The van der Waals surface area contributed by atoms with Gasteiger partial charge in [0.2, 0.25) is 5.91 Å². The first-order valence-corrected chi connectivity index (χ1v) is 8.33. The molecule has 25 heavy (non-hydrogen) atoms. The van der Waals surface area contributed by atoms with Crippen molar-refractivity contribution in [2.45, 2.75) is 6.42 Å². The third-order valence-corrected chi connectivity index (χ3v) is 4.06. The highest BCUT2D eigenvalue weighted by atomic mass is 35.5. The standard InChI is InChI=1S/C20H17ClN2O2/c21-16-10-8-15(9-11-16)20(25)22-13-12-19(24)23-18-7-3-5-14-4-1-2-6-17(14)18/h1-11H,12-13H2,(H,22,25)(H,23,24). The van der Waals surface area contributed by atoms with Crippen LogP contribution in [0.15, 0.2) is 66.7 Å². The van der Waals surface area contributed by atoms with Crippen LogP contribution in [0.1, 0.15) is 16.8 Å². The maximum Gasteiger partial charge on any atom is 0.251 e. The molecule has 0 aliphatic heterocycles. The smallest absolute Gasteiger partial charge is 0.251 e. The number of carbonyl (C=O) groups excluding carboxylic acids is 2. The maximum absolute atomic E-state index is 12.1. The highest BCUT2D eigenvalue weighted by Crippen LogP contribution is 2.22. The third kappa shape index (κ3) is 4.37. The van der Waals surface area contributed by atoms with Crippen molar-refractivity contribution in [1.82, 2.24) is 5.32 Å². The van der Waals surface area contributed by atoms with E-state index < -0.39 is 0 Å². The average Bonchev–Trinajstić information content (AvgIpc) is 2.62.